The highest BCUT2D eigenvalue weighted by Crippen LogP contribution is 2.30. The maximum absolute atomic E-state index is 5.64. The van der Waals surface area contributed by atoms with E-state index < -0.39 is 0 Å². The van der Waals surface area contributed by atoms with E-state index in [1.807, 2.05) is 26.0 Å². The van der Waals surface area contributed by atoms with Crippen molar-refractivity contribution in [2.75, 3.05) is 7.11 Å². The Balaban J connectivity index is 3.18. The fourth-order valence-electron chi connectivity index (χ4n) is 1.28. The number of methoxy groups -OCH3 is 1. The normalized spacial score (nSPS) is 10.0. The van der Waals surface area contributed by atoms with Gasteiger partial charge in [-0.25, -0.2) is 0 Å². The molecule has 0 bridgehead atoms. The van der Waals surface area contributed by atoms with Crippen molar-refractivity contribution >= 4 is 21.7 Å². The quantitative estimate of drug-likeness (QED) is 0.726. The lowest BCUT2D eigenvalue weighted by atomic mass is 10.1. The molecule has 0 aliphatic heterocycles. The third kappa shape index (κ3) is 1.87. The summed E-state index contributed by atoms with van der Waals surface area (Å²) in [5.74, 6) is 0.949. The van der Waals surface area contributed by atoms with Gasteiger partial charge in [0.1, 0.15) is 5.75 Å². The topological polar surface area (TPSA) is 9.23 Å². The maximum Gasteiger partial charge on any atom is 0.124 e. The summed E-state index contributed by atoms with van der Waals surface area (Å²) in [4.78, 5) is 1.06. The molecule has 1 rings (SSSR count). The van der Waals surface area contributed by atoms with Crippen LogP contribution in [-0.2, 0) is 0 Å². The van der Waals surface area contributed by atoms with Gasteiger partial charge in [-0.1, -0.05) is 0 Å². The van der Waals surface area contributed by atoms with Crippen LogP contribution in [0.5, 0.6) is 5.75 Å². The molecular formula is C9H11ClOS. The predicted molar refractivity (Wildman–Crippen MR) is 54.2 cm³/mol. The lowest BCUT2D eigenvalue weighted by Gasteiger charge is -2.08. The molecule has 0 unspecified atom stereocenters. The molecule has 0 heterocycles. The van der Waals surface area contributed by atoms with Crippen LogP contribution in [0.25, 0.3) is 0 Å². The first-order valence-electron chi connectivity index (χ1n) is 3.63. The molecule has 0 amide bonds. The van der Waals surface area contributed by atoms with Gasteiger partial charge >= 0.3 is 0 Å². The summed E-state index contributed by atoms with van der Waals surface area (Å²) in [6.45, 7) is 4.03. The molecular weight excluding hydrogens is 192 g/mol. The van der Waals surface area contributed by atoms with Gasteiger partial charge in [0.25, 0.3) is 0 Å². The summed E-state index contributed by atoms with van der Waals surface area (Å²) < 4.78 is 5.22. The van der Waals surface area contributed by atoms with Crippen molar-refractivity contribution in [1.82, 2.24) is 0 Å². The fourth-order valence-corrected chi connectivity index (χ4v) is 1.99. The molecule has 0 radical (unpaired) electrons. The molecule has 0 saturated carbocycles. The van der Waals surface area contributed by atoms with Gasteiger partial charge in [0.05, 0.1) is 7.11 Å². The number of hydrogen-bond donors (Lipinski definition) is 0. The highest BCUT2D eigenvalue weighted by Gasteiger charge is 2.04. The molecule has 0 atom stereocenters. The number of hydrogen-bond acceptors (Lipinski definition) is 2. The summed E-state index contributed by atoms with van der Waals surface area (Å²) >= 11 is 0. The smallest absolute Gasteiger partial charge is 0.124 e. The lowest BCUT2D eigenvalue weighted by Crippen LogP contribution is -1.90. The van der Waals surface area contributed by atoms with Crippen molar-refractivity contribution in [1.29, 1.82) is 0 Å². The van der Waals surface area contributed by atoms with E-state index >= 15 is 0 Å². The molecule has 0 fully saturated rings. The molecule has 12 heavy (non-hydrogen) atoms. The average molecular weight is 203 g/mol. The Hall–Kier alpha value is -0.340. The van der Waals surface area contributed by atoms with Crippen LogP contribution in [0.15, 0.2) is 17.0 Å². The first-order chi connectivity index (χ1) is 5.69. The van der Waals surface area contributed by atoms with Crippen LogP contribution in [0, 0.1) is 13.8 Å². The number of ether oxygens (including phenoxy) is 1. The monoisotopic (exact) mass is 202 g/mol. The van der Waals surface area contributed by atoms with Gasteiger partial charge in [-0.3, -0.25) is 0 Å². The van der Waals surface area contributed by atoms with Crippen LogP contribution in [0.2, 0.25) is 0 Å². The molecule has 1 aromatic rings. The van der Waals surface area contributed by atoms with Crippen LogP contribution >= 0.6 is 21.7 Å². The zero-order valence-corrected chi connectivity index (χ0v) is 8.92. The van der Waals surface area contributed by atoms with Gasteiger partial charge in [0.15, 0.2) is 0 Å². The van der Waals surface area contributed by atoms with Crippen LogP contribution in [-0.4, -0.2) is 7.11 Å². The van der Waals surface area contributed by atoms with Gasteiger partial charge in [-0.2, -0.15) is 0 Å². The first kappa shape index (κ1) is 9.75. The molecule has 1 aromatic carbocycles. The minimum Gasteiger partial charge on any atom is -0.496 e. The molecule has 66 valence electrons. The second-order valence-corrected chi connectivity index (χ2v) is 3.76. The van der Waals surface area contributed by atoms with Crippen molar-refractivity contribution in [2.45, 2.75) is 18.7 Å². The zero-order valence-electron chi connectivity index (χ0n) is 7.35. The molecule has 3 heteroatoms. The first-order valence-corrected chi connectivity index (χ1v) is 5.27. The van der Waals surface area contributed by atoms with Gasteiger partial charge in [0, 0.05) is 4.90 Å². The molecule has 1 nitrogen and oxygen atoms in total. The fraction of sp³-hybridized carbons (Fsp3) is 0.333. The molecule has 0 aliphatic rings. The van der Waals surface area contributed by atoms with Gasteiger partial charge < -0.3 is 4.74 Å². The Morgan fingerprint density at radius 2 is 1.75 bits per heavy atom. The third-order valence-corrected chi connectivity index (χ3v) is 2.68. The summed E-state index contributed by atoms with van der Waals surface area (Å²) in [6, 6.07) is 4.03. The van der Waals surface area contributed by atoms with E-state index in [4.69, 9.17) is 15.4 Å². The summed E-state index contributed by atoms with van der Waals surface area (Å²) in [7, 11) is 8.56. The van der Waals surface area contributed by atoms with Crippen LogP contribution in [0.1, 0.15) is 11.1 Å². The summed E-state index contributed by atoms with van der Waals surface area (Å²) in [5.41, 5.74) is 2.25. The molecule has 0 aliphatic carbocycles. The van der Waals surface area contributed by atoms with Gasteiger partial charge in [-0.15, -0.1) is 0 Å². The zero-order chi connectivity index (χ0) is 9.14. The minimum atomic E-state index is 0.949. The SMILES string of the molecule is COc1c(C)cc(SCl)cc1C. The third-order valence-electron chi connectivity index (χ3n) is 1.73. The Labute approximate surface area is 81.6 Å². The van der Waals surface area contributed by atoms with Gasteiger partial charge in [0.2, 0.25) is 0 Å². The molecule has 0 N–H and O–H groups in total. The minimum absolute atomic E-state index is 0.949. The lowest BCUT2D eigenvalue weighted by molar-refractivity contribution is 0.408. The second kappa shape index (κ2) is 4.06. The molecule has 0 saturated heterocycles. The van der Waals surface area contributed by atoms with E-state index in [1.165, 1.54) is 11.0 Å². The molecule has 0 aromatic heterocycles. The highest BCUT2D eigenvalue weighted by molar-refractivity contribution is 8.21. The second-order valence-electron chi connectivity index (χ2n) is 2.67. The van der Waals surface area contributed by atoms with E-state index in [-0.39, 0.29) is 0 Å². The number of halogens is 1. The number of benzene rings is 1. The standard InChI is InChI=1S/C9H11ClOS/c1-6-4-8(12-10)5-7(2)9(6)11-3/h4-5H,1-3H3. The van der Waals surface area contributed by atoms with Crippen LogP contribution in [0.3, 0.4) is 0 Å². The van der Waals surface area contributed by atoms with Crippen LogP contribution in [0.4, 0.5) is 0 Å². The highest BCUT2D eigenvalue weighted by atomic mass is 35.7. The average Bonchev–Trinajstić information content (AvgIpc) is 2.03. The van der Waals surface area contributed by atoms with Crippen molar-refractivity contribution < 1.29 is 4.74 Å². The van der Waals surface area contributed by atoms with Crippen molar-refractivity contribution in [2.24, 2.45) is 0 Å². The van der Waals surface area contributed by atoms with Crippen molar-refractivity contribution in [3.05, 3.63) is 23.3 Å². The summed E-state index contributed by atoms with van der Waals surface area (Å²) in [5, 5.41) is 0. The van der Waals surface area contributed by atoms with E-state index in [2.05, 4.69) is 0 Å². The Kier molecular flexibility index (Phi) is 3.29. The molecule has 0 spiro atoms. The Bertz CT molecular complexity index is 263. The van der Waals surface area contributed by atoms with E-state index in [0.717, 1.165) is 21.8 Å². The number of aryl methyl sites for hydroxylation is 2. The van der Waals surface area contributed by atoms with Crippen molar-refractivity contribution in [3.63, 3.8) is 0 Å². The number of rotatable bonds is 2. The predicted octanol–water partition coefficient (Wildman–Crippen LogP) is 3.56. The van der Waals surface area contributed by atoms with E-state index in [0.29, 0.717) is 0 Å². The Morgan fingerprint density at radius 3 is 2.08 bits per heavy atom. The van der Waals surface area contributed by atoms with Crippen molar-refractivity contribution in [3.8, 4) is 5.75 Å². The largest absolute Gasteiger partial charge is 0.496 e. The van der Waals surface area contributed by atoms with E-state index in [1.54, 1.807) is 7.11 Å². The van der Waals surface area contributed by atoms with Gasteiger partial charge in [-0.05, 0) is 58.8 Å². The Morgan fingerprint density at radius 1 is 1.25 bits per heavy atom. The van der Waals surface area contributed by atoms with E-state index in [9.17, 15) is 0 Å². The summed E-state index contributed by atoms with van der Waals surface area (Å²) in [6.07, 6.45) is 0. The van der Waals surface area contributed by atoms with Crippen LogP contribution < -0.4 is 4.74 Å². The maximum atomic E-state index is 5.64.